The van der Waals surface area contributed by atoms with Crippen molar-refractivity contribution in [2.45, 2.75) is 6.18 Å². The minimum Gasteiger partial charge on any atom is -0.368 e. The van der Waals surface area contributed by atoms with Crippen molar-refractivity contribution in [3.63, 3.8) is 0 Å². The van der Waals surface area contributed by atoms with Crippen LogP contribution in [-0.4, -0.2) is 17.8 Å². The largest absolute Gasteiger partial charge is 0.416 e. The SMILES string of the molecule is FCC(F)(F)F.c1cc[nH]c1. The lowest BCUT2D eigenvalue weighted by Gasteiger charge is -1.93. The third kappa shape index (κ3) is 9.00. The van der Waals surface area contributed by atoms with Gasteiger partial charge in [0.1, 0.15) is 0 Å². The Kier molecular flexibility index (Phi) is 4.33. The van der Waals surface area contributed by atoms with Crippen molar-refractivity contribution < 1.29 is 17.6 Å². The van der Waals surface area contributed by atoms with Crippen molar-refractivity contribution in [2.24, 2.45) is 0 Å². The first-order valence-corrected chi connectivity index (χ1v) is 2.77. The molecule has 0 atom stereocenters. The monoisotopic (exact) mass is 169 g/mol. The lowest BCUT2D eigenvalue weighted by atomic mass is 10.7. The van der Waals surface area contributed by atoms with E-state index in [1.54, 1.807) is 0 Å². The Hall–Kier alpha value is -1.00. The number of rotatable bonds is 0. The van der Waals surface area contributed by atoms with Crippen molar-refractivity contribution in [3.8, 4) is 0 Å². The standard InChI is InChI=1S/C4H5N.C2H2F4/c1-2-4-5-3-1;3-1-2(4,5)6/h1-5H;1H2. The number of aromatic amines is 1. The molecule has 0 aromatic carbocycles. The van der Waals surface area contributed by atoms with Gasteiger partial charge in [0.05, 0.1) is 0 Å². The summed E-state index contributed by atoms with van der Waals surface area (Å²) in [4.78, 5) is 2.86. The molecule has 1 aromatic heterocycles. The predicted octanol–water partition coefficient (Wildman–Crippen LogP) is 2.53. The molecule has 64 valence electrons. The van der Waals surface area contributed by atoms with Crippen LogP contribution in [0.15, 0.2) is 24.5 Å². The maximum atomic E-state index is 10.4. The average molecular weight is 169 g/mol. The van der Waals surface area contributed by atoms with Gasteiger partial charge in [-0.3, -0.25) is 0 Å². The van der Waals surface area contributed by atoms with Crippen molar-refractivity contribution in [2.75, 3.05) is 6.67 Å². The molecule has 0 radical (unpaired) electrons. The third-order valence-electron chi connectivity index (χ3n) is 0.648. The normalized spacial score (nSPS) is 10.2. The molecule has 0 aliphatic carbocycles. The third-order valence-corrected chi connectivity index (χ3v) is 0.648. The van der Waals surface area contributed by atoms with E-state index in [1.165, 1.54) is 0 Å². The molecule has 0 fully saturated rings. The van der Waals surface area contributed by atoms with Gasteiger partial charge >= 0.3 is 6.18 Å². The van der Waals surface area contributed by atoms with E-state index in [2.05, 4.69) is 4.98 Å². The van der Waals surface area contributed by atoms with Crippen molar-refractivity contribution >= 4 is 0 Å². The van der Waals surface area contributed by atoms with Gasteiger partial charge in [-0.1, -0.05) is 0 Å². The number of hydrogen-bond donors (Lipinski definition) is 1. The Labute approximate surface area is 61.0 Å². The lowest BCUT2D eigenvalue weighted by molar-refractivity contribution is -0.142. The molecule has 0 amide bonds. The second kappa shape index (κ2) is 4.76. The Morgan fingerprint density at radius 3 is 1.55 bits per heavy atom. The van der Waals surface area contributed by atoms with E-state index in [4.69, 9.17) is 0 Å². The van der Waals surface area contributed by atoms with Crippen LogP contribution < -0.4 is 0 Å². The quantitative estimate of drug-likeness (QED) is 0.574. The van der Waals surface area contributed by atoms with Gasteiger partial charge in [-0.15, -0.1) is 0 Å². The van der Waals surface area contributed by atoms with Crippen LogP contribution in [0.2, 0.25) is 0 Å². The molecule has 0 unspecified atom stereocenters. The smallest absolute Gasteiger partial charge is 0.368 e. The second-order valence-electron chi connectivity index (χ2n) is 1.63. The number of nitrogens with one attached hydrogen (secondary N) is 1. The van der Waals surface area contributed by atoms with Crippen LogP contribution in [-0.2, 0) is 0 Å². The topological polar surface area (TPSA) is 15.8 Å². The Balaban J connectivity index is 0.000000183. The van der Waals surface area contributed by atoms with Crippen molar-refractivity contribution in [1.29, 1.82) is 0 Å². The van der Waals surface area contributed by atoms with Crippen LogP contribution in [0, 0.1) is 0 Å². The minimum absolute atomic E-state index is 1.88. The van der Waals surface area contributed by atoms with E-state index in [0.717, 1.165) is 0 Å². The molecule has 0 aliphatic rings. The Morgan fingerprint density at radius 2 is 1.45 bits per heavy atom. The number of H-pyrrole nitrogens is 1. The molecule has 0 bridgehead atoms. The average Bonchev–Trinajstić information content (AvgIpc) is 2.41. The Morgan fingerprint density at radius 1 is 1.09 bits per heavy atom. The van der Waals surface area contributed by atoms with Gasteiger partial charge in [0, 0.05) is 12.4 Å². The molecule has 11 heavy (non-hydrogen) atoms. The predicted molar refractivity (Wildman–Crippen MR) is 32.8 cm³/mol. The van der Waals surface area contributed by atoms with E-state index in [-0.39, 0.29) is 0 Å². The van der Waals surface area contributed by atoms with Crippen LogP contribution in [0.1, 0.15) is 0 Å². The van der Waals surface area contributed by atoms with E-state index < -0.39 is 12.9 Å². The Bertz CT molecular complexity index is 138. The summed E-state index contributed by atoms with van der Waals surface area (Å²) in [6.45, 7) is -2.23. The molecule has 1 rings (SSSR count). The zero-order chi connectivity index (χ0) is 8.74. The summed E-state index contributed by atoms with van der Waals surface area (Å²) in [6.07, 6.45) is -0.875. The van der Waals surface area contributed by atoms with Crippen LogP contribution >= 0.6 is 0 Å². The van der Waals surface area contributed by atoms with Crippen molar-refractivity contribution in [3.05, 3.63) is 24.5 Å². The zero-order valence-electron chi connectivity index (χ0n) is 5.53. The van der Waals surface area contributed by atoms with Crippen LogP contribution in [0.5, 0.6) is 0 Å². The van der Waals surface area contributed by atoms with Crippen LogP contribution in [0.25, 0.3) is 0 Å². The highest BCUT2D eigenvalue weighted by Gasteiger charge is 2.26. The first-order chi connectivity index (χ1) is 5.06. The zero-order valence-corrected chi connectivity index (χ0v) is 5.53. The van der Waals surface area contributed by atoms with Gasteiger partial charge in [0.2, 0.25) is 0 Å². The van der Waals surface area contributed by atoms with E-state index in [1.807, 2.05) is 24.5 Å². The van der Waals surface area contributed by atoms with Gasteiger partial charge in [-0.2, -0.15) is 13.2 Å². The number of hydrogen-bond acceptors (Lipinski definition) is 0. The highest BCUT2D eigenvalue weighted by molar-refractivity contribution is 4.84. The van der Waals surface area contributed by atoms with Gasteiger partial charge in [0.15, 0.2) is 6.67 Å². The molecular weight excluding hydrogens is 162 g/mol. The van der Waals surface area contributed by atoms with E-state index >= 15 is 0 Å². The fraction of sp³-hybridized carbons (Fsp3) is 0.333. The van der Waals surface area contributed by atoms with Gasteiger partial charge in [-0.25, -0.2) is 4.39 Å². The fourth-order valence-corrected chi connectivity index (χ4v) is 0.278. The molecule has 0 spiro atoms. The minimum atomic E-state index is -4.62. The maximum absolute atomic E-state index is 10.4. The molecule has 1 aromatic rings. The maximum Gasteiger partial charge on any atom is 0.416 e. The highest BCUT2D eigenvalue weighted by atomic mass is 19.4. The van der Waals surface area contributed by atoms with E-state index in [0.29, 0.717) is 0 Å². The van der Waals surface area contributed by atoms with Gasteiger partial charge in [-0.05, 0) is 12.1 Å². The van der Waals surface area contributed by atoms with Crippen LogP contribution in [0.4, 0.5) is 17.6 Å². The lowest BCUT2D eigenvalue weighted by Crippen LogP contribution is -2.08. The van der Waals surface area contributed by atoms with Gasteiger partial charge in [0.25, 0.3) is 0 Å². The van der Waals surface area contributed by atoms with Crippen molar-refractivity contribution in [1.82, 2.24) is 4.98 Å². The summed E-state index contributed by atoms with van der Waals surface area (Å²) < 4.78 is 41.6. The molecule has 1 nitrogen and oxygen atoms in total. The second-order valence-corrected chi connectivity index (χ2v) is 1.63. The van der Waals surface area contributed by atoms with Crippen LogP contribution in [0.3, 0.4) is 0 Å². The number of halogens is 4. The fourth-order valence-electron chi connectivity index (χ4n) is 0.278. The first kappa shape index (κ1) is 10.0. The summed E-state index contributed by atoms with van der Waals surface area (Å²) >= 11 is 0. The molecule has 1 N–H and O–H groups in total. The summed E-state index contributed by atoms with van der Waals surface area (Å²) in [5.41, 5.74) is 0. The molecule has 0 saturated carbocycles. The molecule has 1 heterocycles. The summed E-state index contributed by atoms with van der Waals surface area (Å²) in [5, 5.41) is 0. The molecular formula is C6H7F4N. The molecule has 0 aliphatic heterocycles. The molecule has 0 saturated heterocycles. The van der Waals surface area contributed by atoms with Gasteiger partial charge < -0.3 is 4.98 Å². The highest BCUT2D eigenvalue weighted by Crippen LogP contribution is 2.13. The first-order valence-electron chi connectivity index (χ1n) is 2.77. The summed E-state index contributed by atoms with van der Waals surface area (Å²) in [6, 6.07) is 3.89. The molecule has 5 heteroatoms. The summed E-state index contributed by atoms with van der Waals surface area (Å²) in [5.74, 6) is 0. The number of alkyl halides is 4. The number of aromatic nitrogens is 1. The summed E-state index contributed by atoms with van der Waals surface area (Å²) in [7, 11) is 0. The van der Waals surface area contributed by atoms with E-state index in [9.17, 15) is 17.6 Å².